The number of guanidine groups is 1. The lowest BCUT2D eigenvalue weighted by molar-refractivity contribution is -0.0834. The Labute approximate surface area is 140 Å². The number of hydrogen-bond acceptors (Lipinski definition) is 1. The molecule has 0 atom stereocenters. The van der Waals surface area contributed by atoms with Crippen molar-refractivity contribution in [2.45, 2.75) is 50.5 Å². The van der Waals surface area contributed by atoms with Crippen molar-refractivity contribution in [3.8, 4) is 0 Å². The molecule has 1 fully saturated rings. The molecule has 0 aromatic heterocycles. The van der Waals surface area contributed by atoms with Crippen molar-refractivity contribution >= 4 is 35.6 Å². The highest BCUT2D eigenvalue weighted by Gasteiger charge is 2.45. The van der Waals surface area contributed by atoms with E-state index in [0.717, 1.165) is 18.5 Å². The van der Waals surface area contributed by atoms with Gasteiger partial charge in [0.2, 0.25) is 0 Å². The zero-order chi connectivity index (χ0) is 14.2. The number of fused-ring (bicyclic) bond motifs is 1. The van der Waals surface area contributed by atoms with Gasteiger partial charge < -0.3 is 11.1 Å². The molecule has 6 heteroatoms. The Bertz CT molecular complexity index is 538. The minimum atomic E-state index is -2.56. The van der Waals surface area contributed by atoms with Crippen molar-refractivity contribution in [3.05, 3.63) is 29.3 Å². The second-order valence-corrected chi connectivity index (χ2v) is 5.71. The smallest absolute Gasteiger partial charge is 0.252 e. The van der Waals surface area contributed by atoms with Gasteiger partial charge in [-0.05, 0) is 42.9 Å². The molecule has 2 aliphatic carbocycles. The first-order valence-electron chi connectivity index (χ1n) is 7.12. The summed E-state index contributed by atoms with van der Waals surface area (Å²) in [6.45, 7) is 0. The van der Waals surface area contributed by atoms with Crippen LogP contribution >= 0.6 is 24.0 Å². The summed E-state index contributed by atoms with van der Waals surface area (Å²) in [6, 6.07) is 5.76. The molecule has 3 rings (SSSR count). The quantitative estimate of drug-likeness (QED) is 0.446. The van der Waals surface area contributed by atoms with Gasteiger partial charge in [-0.25, -0.2) is 13.8 Å². The molecule has 0 radical (unpaired) electrons. The van der Waals surface area contributed by atoms with Crippen LogP contribution in [0.4, 0.5) is 14.5 Å². The molecule has 0 heterocycles. The van der Waals surface area contributed by atoms with Gasteiger partial charge in [-0.1, -0.05) is 12.1 Å². The van der Waals surface area contributed by atoms with Crippen LogP contribution in [-0.4, -0.2) is 17.9 Å². The van der Waals surface area contributed by atoms with Gasteiger partial charge in [-0.15, -0.1) is 24.0 Å². The van der Waals surface area contributed by atoms with Crippen LogP contribution in [-0.2, 0) is 12.8 Å². The molecule has 0 saturated heterocycles. The number of anilines is 1. The molecule has 1 saturated carbocycles. The fourth-order valence-corrected chi connectivity index (χ4v) is 2.99. The standard InChI is InChI=1S/C15H19F2N3.HI/c16-15(17)8-11(9-15)19-14(18)20-13-7-3-5-10-4-1-2-6-12(10)13;/h3,5,7,11H,1-2,4,6,8-9H2,(H3,18,19,20);1H. The average Bonchev–Trinajstić information content (AvgIpc) is 2.37. The van der Waals surface area contributed by atoms with E-state index in [-0.39, 0.29) is 48.8 Å². The Morgan fingerprint density at radius 2 is 1.95 bits per heavy atom. The summed E-state index contributed by atoms with van der Waals surface area (Å²) in [4.78, 5) is 4.13. The van der Waals surface area contributed by atoms with E-state index in [1.54, 1.807) is 0 Å². The molecule has 21 heavy (non-hydrogen) atoms. The van der Waals surface area contributed by atoms with E-state index in [9.17, 15) is 8.78 Å². The van der Waals surface area contributed by atoms with Crippen LogP contribution in [0.2, 0.25) is 0 Å². The molecule has 3 nitrogen and oxygen atoms in total. The Morgan fingerprint density at radius 1 is 1.24 bits per heavy atom. The maximum Gasteiger partial charge on any atom is 0.252 e. The number of nitrogens with zero attached hydrogens (tertiary/aromatic N) is 1. The molecular formula is C15H20F2IN3. The van der Waals surface area contributed by atoms with Crippen molar-refractivity contribution in [1.82, 2.24) is 0 Å². The minimum Gasteiger partial charge on any atom is -0.370 e. The SMILES string of the molecule is I.NC(=NC1CC(F)(F)C1)Nc1cccc2c1CCCC2. The molecule has 1 aromatic carbocycles. The predicted molar refractivity (Wildman–Crippen MR) is 91.7 cm³/mol. The molecular weight excluding hydrogens is 387 g/mol. The summed E-state index contributed by atoms with van der Waals surface area (Å²) in [5.74, 6) is -2.31. The highest BCUT2D eigenvalue weighted by atomic mass is 127. The van der Waals surface area contributed by atoms with Crippen molar-refractivity contribution in [3.63, 3.8) is 0 Å². The lowest BCUT2D eigenvalue weighted by Crippen LogP contribution is -2.40. The third-order valence-corrected chi connectivity index (χ3v) is 4.05. The van der Waals surface area contributed by atoms with Crippen LogP contribution < -0.4 is 11.1 Å². The van der Waals surface area contributed by atoms with Gasteiger partial charge in [0.25, 0.3) is 5.92 Å². The zero-order valence-electron chi connectivity index (χ0n) is 11.7. The topological polar surface area (TPSA) is 50.4 Å². The van der Waals surface area contributed by atoms with Gasteiger partial charge in [0.1, 0.15) is 0 Å². The van der Waals surface area contributed by atoms with Crippen molar-refractivity contribution < 1.29 is 8.78 Å². The van der Waals surface area contributed by atoms with Crippen LogP contribution in [0.1, 0.15) is 36.8 Å². The van der Waals surface area contributed by atoms with Gasteiger partial charge in [-0.3, -0.25) is 0 Å². The van der Waals surface area contributed by atoms with E-state index in [1.165, 1.54) is 24.0 Å². The maximum atomic E-state index is 12.8. The summed E-state index contributed by atoms with van der Waals surface area (Å²) in [5.41, 5.74) is 9.44. The Hall–Kier alpha value is -0.920. The summed E-state index contributed by atoms with van der Waals surface area (Å²) in [7, 11) is 0. The Kier molecular flexibility index (Phi) is 5.06. The molecule has 2 aliphatic rings. The molecule has 3 N–H and O–H groups in total. The lowest BCUT2D eigenvalue weighted by Gasteiger charge is -2.32. The lowest BCUT2D eigenvalue weighted by atomic mass is 9.89. The van der Waals surface area contributed by atoms with E-state index < -0.39 is 5.92 Å². The van der Waals surface area contributed by atoms with Crippen LogP contribution in [0.15, 0.2) is 23.2 Å². The molecule has 1 aromatic rings. The van der Waals surface area contributed by atoms with Crippen LogP contribution in [0.3, 0.4) is 0 Å². The van der Waals surface area contributed by atoms with Crippen molar-refractivity contribution in [2.24, 2.45) is 10.7 Å². The van der Waals surface area contributed by atoms with E-state index in [4.69, 9.17) is 5.73 Å². The average molecular weight is 407 g/mol. The monoisotopic (exact) mass is 407 g/mol. The fourth-order valence-electron chi connectivity index (χ4n) is 2.99. The number of benzene rings is 1. The maximum absolute atomic E-state index is 12.8. The second-order valence-electron chi connectivity index (χ2n) is 5.71. The second kappa shape index (κ2) is 6.46. The van der Waals surface area contributed by atoms with Crippen molar-refractivity contribution in [2.75, 3.05) is 5.32 Å². The molecule has 0 aliphatic heterocycles. The van der Waals surface area contributed by atoms with Gasteiger partial charge in [0, 0.05) is 18.5 Å². The highest BCUT2D eigenvalue weighted by Crippen LogP contribution is 2.39. The normalized spacial score (nSPS) is 21.0. The van der Waals surface area contributed by atoms with Gasteiger partial charge in [0.15, 0.2) is 5.96 Å². The Morgan fingerprint density at radius 3 is 2.67 bits per heavy atom. The number of nitrogens with one attached hydrogen (secondary N) is 1. The largest absolute Gasteiger partial charge is 0.370 e. The van der Waals surface area contributed by atoms with Gasteiger partial charge in [0.05, 0.1) is 6.04 Å². The number of alkyl halides is 2. The van der Waals surface area contributed by atoms with Crippen LogP contribution in [0.25, 0.3) is 0 Å². The van der Waals surface area contributed by atoms with Crippen molar-refractivity contribution in [1.29, 1.82) is 0 Å². The first-order chi connectivity index (χ1) is 9.53. The zero-order valence-corrected chi connectivity index (χ0v) is 14.1. The molecule has 0 spiro atoms. The number of aliphatic imine (C=N–C) groups is 1. The summed E-state index contributed by atoms with van der Waals surface area (Å²) >= 11 is 0. The number of aryl methyl sites for hydroxylation is 1. The predicted octanol–water partition coefficient (Wildman–Crippen LogP) is 3.71. The highest BCUT2D eigenvalue weighted by molar-refractivity contribution is 14.0. The van der Waals surface area contributed by atoms with E-state index in [1.807, 2.05) is 12.1 Å². The third-order valence-electron chi connectivity index (χ3n) is 4.05. The van der Waals surface area contributed by atoms with Crippen LogP contribution in [0, 0.1) is 0 Å². The Balaban J connectivity index is 0.00000161. The molecule has 0 unspecified atom stereocenters. The van der Waals surface area contributed by atoms with E-state index in [0.29, 0.717) is 0 Å². The van der Waals surface area contributed by atoms with Gasteiger partial charge >= 0.3 is 0 Å². The van der Waals surface area contributed by atoms with Crippen LogP contribution in [0.5, 0.6) is 0 Å². The van der Waals surface area contributed by atoms with E-state index in [2.05, 4.69) is 16.4 Å². The van der Waals surface area contributed by atoms with E-state index >= 15 is 0 Å². The molecule has 0 bridgehead atoms. The summed E-state index contributed by atoms with van der Waals surface area (Å²) in [6.07, 6.45) is 4.14. The molecule has 116 valence electrons. The number of halogens is 3. The molecule has 0 amide bonds. The summed E-state index contributed by atoms with van der Waals surface area (Å²) in [5, 5.41) is 3.08. The number of rotatable bonds is 2. The number of nitrogens with two attached hydrogens (primary N) is 1. The number of hydrogen-bond donors (Lipinski definition) is 2. The van der Waals surface area contributed by atoms with Gasteiger partial charge in [-0.2, -0.15) is 0 Å². The first kappa shape index (κ1) is 16.5. The summed E-state index contributed by atoms with van der Waals surface area (Å²) < 4.78 is 25.5. The third kappa shape index (κ3) is 3.84. The minimum absolute atomic E-state index is 0. The first-order valence-corrected chi connectivity index (χ1v) is 7.12. The fraction of sp³-hybridized carbons (Fsp3) is 0.533.